The molecule has 0 atom stereocenters. The molecule has 2 heteroatoms. The number of rotatable bonds is 7. The quantitative estimate of drug-likeness (QED) is 0.156. The van der Waals surface area contributed by atoms with Gasteiger partial charge in [0.05, 0.1) is 0 Å². The highest BCUT2D eigenvalue weighted by Crippen LogP contribution is 2.44. The van der Waals surface area contributed by atoms with Gasteiger partial charge in [0.15, 0.2) is 0 Å². The number of hydrogen-bond donors (Lipinski definition) is 0. The predicted molar refractivity (Wildman–Crippen MR) is 204 cm³/mol. The van der Waals surface area contributed by atoms with E-state index in [4.69, 9.17) is 0 Å². The molecule has 0 heterocycles. The summed E-state index contributed by atoms with van der Waals surface area (Å²) in [5.74, 6) is 0. The van der Waals surface area contributed by atoms with Gasteiger partial charge in [0.2, 0.25) is 0 Å². The van der Waals surface area contributed by atoms with E-state index in [2.05, 4.69) is 194 Å². The molecule has 0 fully saturated rings. The van der Waals surface area contributed by atoms with Gasteiger partial charge in [-0.2, -0.15) is 0 Å². The second kappa shape index (κ2) is 12.9. The Morgan fingerprint density at radius 2 is 0.674 bits per heavy atom. The summed E-state index contributed by atoms with van der Waals surface area (Å²) in [7, 11) is -1.69. The summed E-state index contributed by atoms with van der Waals surface area (Å²) in [6, 6.07) is 71.9. The van der Waals surface area contributed by atoms with Crippen LogP contribution in [-0.2, 0) is 0 Å². The molecule has 0 aliphatic carbocycles. The van der Waals surface area contributed by atoms with Crippen molar-refractivity contribution in [2.24, 2.45) is 0 Å². The second-order valence-electron chi connectivity index (χ2n) is 11.4. The lowest BCUT2D eigenvalue weighted by atomic mass is 9.96. The van der Waals surface area contributed by atoms with Gasteiger partial charge < -0.3 is 0 Å². The first-order valence-corrected chi connectivity index (χ1v) is 18.4. The maximum Gasteiger partial charge on any atom is -0.00149 e. The van der Waals surface area contributed by atoms with Gasteiger partial charge in [0.25, 0.3) is 0 Å². The molecule has 46 heavy (non-hydrogen) atoms. The standard InChI is InChI=1S/C44H32P2/c1-5-20-36(21-6-1)45(37-22-7-2-8-23-37)42-30-29-33-17-15-16-28-40(33)44(42)41-31-34-18-13-14-19-35(34)32-43(41)46(38-24-9-3-10-25-38)39-26-11-4-12-27-39/h1-32H. The summed E-state index contributed by atoms with van der Waals surface area (Å²) in [6.45, 7) is 0. The summed E-state index contributed by atoms with van der Waals surface area (Å²) < 4.78 is 0. The van der Waals surface area contributed by atoms with E-state index in [1.54, 1.807) is 0 Å². The van der Waals surface area contributed by atoms with Crippen molar-refractivity contribution >= 4 is 69.2 Å². The summed E-state index contributed by atoms with van der Waals surface area (Å²) >= 11 is 0. The summed E-state index contributed by atoms with van der Waals surface area (Å²) in [5, 5.41) is 13.3. The Hall–Kier alpha value is -4.86. The first kappa shape index (κ1) is 28.6. The van der Waals surface area contributed by atoms with E-state index >= 15 is 0 Å². The van der Waals surface area contributed by atoms with Crippen LogP contribution in [0.25, 0.3) is 32.7 Å². The zero-order valence-electron chi connectivity index (χ0n) is 25.4. The highest BCUT2D eigenvalue weighted by molar-refractivity contribution is 7.80. The highest BCUT2D eigenvalue weighted by Gasteiger charge is 2.27. The molecular formula is C44H32P2. The maximum absolute atomic E-state index is 2.48. The van der Waals surface area contributed by atoms with Gasteiger partial charge in [-0.25, -0.2) is 0 Å². The first-order valence-electron chi connectivity index (χ1n) is 15.7. The topological polar surface area (TPSA) is 0 Å². The van der Waals surface area contributed by atoms with Crippen molar-refractivity contribution in [3.63, 3.8) is 0 Å². The van der Waals surface area contributed by atoms with Crippen LogP contribution in [0, 0.1) is 0 Å². The lowest BCUT2D eigenvalue weighted by Crippen LogP contribution is -2.26. The normalized spacial score (nSPS) is 11.4. The van der Waals surface area contributed by atoms with Crippen LogP contribution in [0.2, 0.25) is 0 Å². The molecule has 0 nitrogen and oxygen atoms in total. The predicted octanol–water partition coefficient (Wildman–Crippen LogP) is 9.18. The van der Waals surface area contributed by atoms with Crippen molar-refractivity contribution in [3.05, 3.63) is 194 Å². The molecule has 0 unspecified atom stereocenters. The molecule has 0 N–H and O–H groups in total. The van der Waals surface area contributed by atoms with E-state index in [9.17, 15) is 0 Å². The van der Waals surface area contributed by atoms with Gasteiger partial charge >= 0.3 is 0 Å². The molecule has 0 radical (unpaired) electrons. The fourth-order valence-corrected chi connectivity index (χ4v) is 11.5. The van der Waals surface area contributed by atoms with Gasteiger partial charge in [-0.3, -0.25) is 0 Å². The van der Waals surface area contributed by atoms with Crippen molar-refractivity contribution < 1.29 is 0 Å². The minimum atomic E-state index is -0.852. The average molecular weight is 623 g/mol. The Kier molecular flexibility index (Phi) is 8.00. The molecule has 0 saturated heterocycles. The highest BCUT2D eigenvalue weighted by atomic mass is 31.1. The van der Waals surface area contributed by atoms with Gasteiger partial charge in [0.1, 0.15) is 0 Å². The monoisotopic (exact) mass is 622 g/mol. The first-order chi connectivity index (χ1) is 22.8. The summed E-state index contributed by atoms with van der Waals surface area (Å²) in [6.07, 6.45) is 0. The van der Waals surface area contributed by atoms with Crippen LogP contribution in [0.1, 0.15) is 0 Å². The Morgan fingerprint density at radius 1 is 0.283 bits per heavy atom. The largest absolute Gasteiger partial charge is 0.0622 e. The fraction of sp³-hybridized carbons (Fsp3) is 0. The maximum atomic E-state index is 2.48. The van der Waals surface area contributed by atoms with Gasteiger partial charge in [-0.1, -0.05) is 182 Å². The van der Waals surface area contributed by atoms with Crippen LogP contribution >= 0.6 is 15.8 Å². The smallest absolute Gasteiger partial charge is 0.00149 e. The molecule has 0 spiro atoms. The van der Waals surface area contributed by atoms with Gasteiger partial charge in [0, 0.05) is 0 Å². The lowest BCUT2D eigenvalue weighted by molar-refractivity contribution is 1.71. The molecule has 218 valence electrons. The molecule has 0 saturated carbocycles. The molecule has 0 aromatic heterocycles. The third-order valence-electron chi connectivity index (χ3n) is 8.58. The SMILES string of the molecule is c1ccc(P(c2ccccc2)c2cc3ccccc3cc2-c2c(P(c3ccccc3)c3ccccc3)ccc3ccccc23)cc1. The van der Waals surface area contributed by atoms with Crippen molar-refractivity contribution in [1.82, 2.24) is 0 Å². The van der Waals surface area contributed by atoms with Gasteiger partial charge in [-0.15, -0.1) is 0 Å². The van der Waals surface area contributed by atoms with E-state index in [0.717, 1.165) is 0 Å². The van der Waals surface area contributed by atoms with Crippen molar-refractivity contribution in [2.75, 3.05) is 0 Å². The summed E-state index contributed by atoms with van der Waals surface area (Å²) in [5.41, 5.74) is 2.67. The van der Waals surface area contributed by atoms with Crippen LogP contribution in [0.5, 0.6) is 0 Å². The van der Waals surface area contributed by atoms with E-state index in [-0.39, 0.29) is 0 Å². The third kappa shape index (κ3) is 5.46. The molecule has 0 amide bonds. The number of fused-ring (bicyclic) bond motifs is 2. The van der Waals surface area contributed by atoms with E-state index in [1.165, 1.54) is 64.5 Å². The third-order valence-corrected chi connectivity index (χ3v) is 13.5. The summed E-state index contributed by atoms with van der Waals surface area (Å²) in [4.78, 5) is 0. The zero-order valence-corrected chi connectivity index (χ0v) is 27.2. The van der Waals surface area contributed by atoms with Crippen molar-refractivity contribution in [3.8, 4) is 11.1 Å². The zero-order chi connectivity index (χ0) is 30.7. The molecule has 8 aromatic rings. The van der Waals surface area contributed by atoms with Crippen LogP contribution in [0.3, 0.4) is 0 Å². The molecule has 0 aliphatic heterocycles. The van der Waals surface area contributed by atoms with Crippen LogP contribution in [0.15, 0.2) is 194 Å². The van der Waals surface area contributed by atoms with Crippen LogP contribution in [-0.4, -0.2) is 0 Å². The Morgan fingerprint density at radius 3 is 1.17 bits per heavy atom. The van der Waals surface area contributed by atoms with Crippen LogP contribution in [0.4, 0.5) is 0 Å². The molecule has 8 rings (SSSR count). The Balaban J connectivity index is 1.51. The minimum absolute atomic E-state index is 0.840. The number of benzene rings is 8. The van der Waals surface area contributed by atoms with Crippen LogP contribution < -0.4 is 31.8 Å². The molecular weight excluding hydrogens is 590 g/mol. The van der Waals surface area contributed by atoms with Crippen molar-refractivity contribution in [2.45, 2.75) is 0 Å². The van der Waals surface area contributed by atoms with E-state index in [0.29, 0.717) is 0 Å². The van der Waals surface area contributed by atoms with E-state index in [1.807, 2.05) is 0 Å². The molecule has 0 bridgehead atoms. The molecule has 0 aliphatic rings. The minimum Gasteiger partial charge on any atom is -0.0622 e. The van der Waals surface area contributed by atoms with E-state index < -0.39 is 15.8 Å². The fourth-order valence-electron chi connectivity index (χ4n) is 6.51. The Bertz CT molecular complexity index is 2170. The molecule has 8 aromatic carbocycles. The number of hydrogen-bond acceptors (Lipinski definition) is 0. The van der Waals surface area contributed by atoms with Crippen molar-refractivity contribution in [1.29, 1.82) is 0 Å². The average Bonchev–Trinajstić information content (AvgIpc) is 3.13. The second-order valence-corrected chi connectivity index (χ2v) is 15.8. The Labute approximate surface area is 273 Å². The lowest BCUT2D eigenvalue weighted by Gasteiger charge is -2.28. The van der Waals surface area contributed by atoms with Gasteiger partial charge in [-0.05, 0) is 92.5 Å².